The van der Waals surface area contributed by atoms with Gasteiger partial charge in [0, 0.05) is 0 Å². The van der Waals surface area contributed by atoms with Gasteiger partial charge in [-0.25, -0.2) is 9.69 Å². The molecule has 0 radical (unpaired) electrons. The minimum atomic E-state index is -0.777. The van der Waals surface area contributed by atoms with Crippen molar-refractivity contribution in [3.8, 4) is 5.75 Å². The highest BCUT2D eigenvalue weighted by Gasteiger charge is 2.37. The number of anilines is 1. The monoisotopic (exact) mass is 412 g/mol. The van der Waals surface area contributed by atoms with Gasteiger partial charge in [-0.15, -0.1) is 0 Å². The van der Waals surface area contributed by atoms with Crippen molar-refractivity contribution < 1.29 is 19.1 Å². The zero-order valence-corrected chi connectivity index (χ0v) is 17.3. The van der Waals surface area contributed by atoms with E-state index in [-0.39, 0.29) is 11.7 Å². The molecule has 6 nitrogen and oxygen atoms in total. The summed E-state index contributed by atoms with van der Waals surface area (Å²) in [6.07, 6.45) is 1.37. The van der Waals surface area contributed by atoms with Gasteiger partial charge < -0.3 is 4.74 Å². The summed E-state index contributed by atoms with van der Waals surface area (Å²) in [6, 6.07) is 9.55. The van der Waals surface area contributed by atoms with Crippen molar-refractivity contribution in [2.75, 3.05) is 4.90 Å². The Bertz CT molecular complexity index is 1020. The first-order valence-corrected chi connectivity index (χ1v) is 9.49. The van der Waals surface area contributed by atoms with Gasteiger partial charge in [0.2, 0.25) is 0 Å². The summed E-state index contributed by atoms with van der Waals surface area (Å²) in [7, 11) is 0. The number of amides is 4. The van der Waals surface area contributed by atoms with Gasteiger partial charge in [-0.05, 0) is 74.7 Å². The third-order valence-corrected chi connectivity index (χ3v) is 4.49. The van der Waals surface area contributed by atoms with E-state index >= 15 is 0 Å². The fourth-order valence-corrected chi connectivity index (χ4v) is 3.33. The lowest BCUT2D eigenvalue weighted by Gasteiger charge is -2.27. The normalized spacial score (nSPS) is 15.9. The summed E-state index contributed by atoms with van der Waals surface area (Å²) in [5, 5.41) is 2.58. The van der Waals surface area contributed by atoms with Crippen molar-refractivity contribution in [3.63, 3.8) is 0 Å². The van der Waals surface area contributed by atoms with E-state index in [1.54, 1.807) is 30.3 Å². The van der Waals surface area contributed by atoms with Gasteiger partial charge in [0.15, 0.2) is 0 Å². The molecule has 1 heterocycles. The molecule has 0 spiro atoms. The van der Waals surface area contributed by atoms with Crippen LogP contribution in [0.4, 0.5) is 10.5 Å². The van der Waals surface area contributed by atoms with Crippen LogP contribution in [0, 0.1) is 13.8 Å². The van der Waals surface area contributed by atoms with E-state index in [1.807, 2.05) is 33.8 Å². The lowest BCUT2D eigenvalue weighted by molar-refractivity contribution is -0.122. The van der Waals surface area contributed by atoms with Crippen molar-refractivity contribution in [3.05, 3.63) is 63.7 Å². The molecule has 0 atom stereocenters. The molecule has 1 aliphatic heterocycles. The van der Waals surface area contributed by atoms with Crippen molar-refractivity contribution in [1.29, 1.82) is 0 Å². The second kappa shape index (κ2) is 8.09. The summed E-state index contributed by atoms with van der Waals surface area (Å²) >= 11 is 6.24. The Kier molecular flexibility index (Phi) is 5.75. The van der Waals surface area contributed by atoms with Crippen molar-refractivity contribution >= 4 is 41.2 Å². The molecule has 150 valence electrons. The molecule has 2 aromatic carbocycles. The quantitative estimate of drug-likeness (QED) is 0.596. The van der Waals surface area contributed by atoms with Crippen LogP contribution < -0.4 is 15.0 Å². The van der Waals surface area contributed by atoms with Crippen LogP contribution in [-0.4, -0.2) is 23.9 Å². The number of imide groups is 2. The van der Waals surface area contributed by atoms with E-state index in [0.717, 1.165) is 16.0 Å². The van der Waals surface area contributed by atoms with Gasteiger partial charge in [-0.2, -0.15) is 0 Å². The number of nitrogens with zero attached hydrogens (tertiary/aromatic N) is 1. The average molecular weight is 413 g/mol. The van der Waals surface area contributed by atoms with Crippen LogP contribution in [0.3, 0.4) is 0 Å². The van der Waals surface area contributed by atoms with Gasteiger partial charge in [0.1, 0.15) is 11.3 Å². The molecule has 1 fully saturated rings. The Morgan fingerprint density at radius 3 is 2.28 bits per heavy atom. The Hall–Kier alpha value is -3.12. The standard InChI is InChI=1S/C22H21ClN2O4/c1-12(2)29-19-6-5-15(11-18(19)23)10-17-20(26)24-22(28)25(21(17)27)16-8-13(3)7-14(4)9-16/h5-12H,1-4H3,(H,24,26,28)/b17-10+. The minimum Gasteiger partial charge on any atom is -0.489 e. The van der Waals surface area contributed by atoms with Gasteiger partial charge in [-0.3, -0.25) is 14.9 Å². The van der Waals surface area contributed by atoms with Gasteiger partial charge >= 0.3 is 6.03 Å². The molecule has 4 amide bonds. The second-order valence-electron chi connectivity index (χ2n) is 7.16. The zero-order chi connectivity index (χ0) is 21.3. The number of barbiturate groups is 1. The maximum atomic E-state index is 13.0. The maximum absolute atomic E-state index is 13.0. The number of aryl methyl sites for hydroxylation is 2. The highest BCUT2D eigenvalue weighted by Crippen LogP contribution is 2.29. The topological polar surface area (TPSA) is 75.7 Å². The predicted molar refractivity (Wildman–Crippen MR) is 112 cm³/mol. The molecule has 7 heteroatoms. The SMILES string of the molecule is Cc1cc(C)cc(N2C(=O)NC(=O)/C(=C\c3ccc(OC(C)C)c(Cl)c3)C2=O)c1. The van der Waals surface area contributed by atoms with Crippen LogP contribution in [0.2, 0.25) is 5.02 Å². The predicted octanol–water partition coefficient (Wildman–Crippen LogP) is 4.41. The highest BCUT2D eigenvalue weighted by atomic mass is 35.5. The van der Waals surface area contributed by atoms with Crippen molar-refractivity contribution in [1.82, 2.24) is 5.32 Å². The van der Waals surface area contributed by atoms with E-state index in [4.69, 9.17) is 16.3 Å². The van der Waals surface area contributed by atoms with Crippen molar-refractivity contribution in [2.45, 2.75) is 33.8 Å². The summed E-state index contributed by atoms with van der Waals surface area (Å²) in [5.41, 5.74) is 2.59. The summed E-state index contributed by atoms with van der Waals surface area (Å²) in [4.78, 5) is 38.6. The molecular weight excluding hydrogens is 392 g/mol. The number of hydrogen-bond acceptors (Lipinski definition) is 4. The molecule has 2 aromatic rings. The number of urea groups is 1. The molecule has 0 aliphatic carbocycles. The fourth-order valence-electron chi connectivity index (χ4n) is 3.09. The lowest BCUT2D eigenvalue weighted by atomic mass is 10.1. The fraction of sp³-hybridized carbons (Fsp3) is 0.227. The number of hydrogen-bond donors (Lipinski definition) is 1. The smallest absolute Gasteiger partial charge is 0.335 e. The molecule has 0 aromatic heterocycles. The number of carbonyl (C=O) groups excluding carboxylic acids is 3. The third kappa shape index (κ3) is 4.49. The number of benzene rings is 2. The maximum Gasteiger partial charge on any atom is 0.335 e. The van der Waals surface area contributed by atoms with Gasteiger partial charge in [0.05, 0.1) is 16.8 Å². The van der Waals surface area contributed by atoms with Crippen LogP contribution in [-0.2, 0) is 9.59 Å². The molecule has 0 bridgehead atoms. The Morgan fingerprint density at radius 1 is 1.03 bits per heavy atom. The van der Waals surface area contributed by atoms with Crippen LogP contribution in [0.5, 0.6) is 5.75 Å². The molecule has 1 saturated heterocycles. The number of carbonyl (C=O) groups is 3. The van der Waals surface area contributed by atoms with E-state index in [1.165, 1.54) is 6.08 Å². The zero-order valence-electron chi connectivity index (χ0n) is 16.6. The molecule has 3 rings (SSSR count). The lowest BCUT2D eigenvalue weighted by Crippen LogP contribution is -2.54. The van der Waals surface area contributed by atoms with E-state index in [9.17, 15) is 14.4 Å². The Morgan fingerprint density at radius 2 is 1.69 bits per heavy atom. The molecular formula is C22H21ClN2O4. The Labute approximate surface area is 174 Å². The summed E-state index contributed by atoms with van der Waals surface area (Å²) in [6.45, 7) is 7.51. The van der Waals surface area contributed by atoms with Crippen LogP contribution in [0.1, 0.15) is 30.5 Å². The minimum absolute atomic E-state index is 0.0419. The van der Waals surface area contributed by atoms with Gasteiger partial charge in [-0.1, -0.05) is 23.7 Å². The van der Waals surface area contributed by atoms with E-state index in [0.29, 0.717) is 22.0 Å². The van der Waals surface area contributed by atoms with E-state index in [2.05, 4.69) is 5.32 Å². The van der Waals surface area contributed by atoms with Crippen LogP contribution in [0.15, 0.2) is 42.0 Å². The number of ether oxygens (including phenoxy) is 1. The first kappa shape index (κ1) is 20.6. The molecule has 0 saturated carbocycles. The average Bonchev–Trinajstić information content (AvgIpc) is 2.59. The largest absolute Gasteiger partial charge is 0.489 e. The number of halogens is 1. The van der Waals surface area contributed by atoms with Crippen LogP contribution >= 0.6 is 11.6 Å². The van der Waals surface area contributed by atoms with Crippen LogP contribution in [0.25, 0.3) is 6.08 Å². The number of nitrogens with one attached hydrogen (secondary N) is 1. The third-order valence-electron chi connectivity index (χ3n) is 4.20. The molecule has 1 aliphatic rings. The number of rotatable bonds is 4. The Balaban J connectivity index is 1.98. The molecule has 29 heavy (non-hydrogen) atoms. The first-order valence-electron chi connectivity index (χ1n) is 9.11. The van der Waals surface area contributed by atoms with Crippen molar-refractivity contribution in [2.24, 2.45) is 0 Å². The summed E-state index contributed by atoms with van der Waals surface area (Å²) < 4.78 is 5.59. The highest BCUT2D eigenvalue weighted by molar-refractivity contribution is 6.39. The summed E-state index contributed by atoms with van der Waals surface area (Å²) in [5.74, 6) is -0.933. The molecule has 0 unspecified atom stereocenters. The second-order valence-corrected chi connectivity index (χ2v) is 7.57. The first-order chi connectivity index (χ1) is 13.7. The van der Waals surface area contributed by atoms with Gasteiger partial charge in [0.25, 0.3) is 11.8 Å². The molecule has 1 N–H and O–H groups in total. The van der Waals surface area contributed by atoms with E-state index < -0.39 is 17.8 Å².